The zero-order valence-electron chi connectivity index (χ0n) is 9.19. The Morgan fingerprint density at radius 1 is 0.625 bits per heavy atom. The lowest BCUT2D eigenvalue weighted by atomic mass is 9.99. The zero-order chi connectivity index (χ0) is 10.8. The van der Waals surface area contributed by atoms with Gasteiger partial charge in [0.1, 0.15) is 0 Å². The molecule has 0 heterocycles. The first-order valence-corrected chi connectivity index (χ1v) is 5.76. The predicted octanol–water partition coefficient (Wildman–Crippen LogP) is 4.37. The van der Waals surface area contributed by atoms with Gasteiger partial charge in [0.15, 0.2) is 0 Å². The molecule has 0 bridgehead atoms. The normalized spacial score (nSPS) is 17.8. The number of hydrogen-bond donors (Lipinski definition) is 0. The third-order valence-electron chi connectivity index (χ3n) is 3.17. The van der Waals surface area contributed by atoms with E-state index in [1.807, 2.05) is 0 Å². The summed E-state index contributed by atoms with van der Waals surface area (Å²) in [5.41, 5.74) is 5.54. The Bertz CT molecular complexity index is 458. The second-order valence-corrected chi connectivity index (χ2v) is 4.23. The van der Waals surface area contributed by atoms with E-state index in [0.29, 0.717) is 0 Å². The van der Waals surface area contributed by atoms with Gasteiger partial charge in [-0.3, -0.25) is 0 Å². The molecule has 0 amide bonds. The van der Waals surface area contributed by atoms with Gasteiger partial charge in [-0.2, -0.15) is 0 Å². The molecule has 1 aromatic carbocycles. The van der Waals surface area contributed by atoms with Crippen LogP contribution in [0.3, 0.4) is 0 Å². The van der Waals surface area contributed by atoms with Gasteiger partial charge in [0.25, 0.3) is 0 Å². The van der Waals surface area contributed by atoms with E-state index in [4.69, 9.17) is 0 Å². The Kier molecular flexibility index (Phi) is 2.34. The molecule has 0 radical (unpaired) electrons. The second-order valence-electron chi connectivity index (χ2n) is 4.23. The molecular formula is C16H14. The quantitative estimate of drug-likeness (QED) is 0.674. The largest absolute Gasteiger partial charge is 0.0801 e. The molecule has 0 aromatic heterocycles. The summed E-state index contributed by atoms with van der Waals surface area (Å²) in [6.45, 7) is 0. The molecular weight excluding hydrogens is 192 g/mol. The van der Waals surface area contributed by atoms with Crippen LogP contribution in [-0.2, 0) is 0 Å². The van der Waals surface area contributed by atoms with E-state index in [-0.39, 0.29) is 0 Å². The molecule has 0 heteroatoms. The molecule has 0 N–H and O–H groups in total. The summed E-state index contributed by atoms with van der Waals surface area (Å²) in [4.78, 5) is 0. The maximum absolute atomic E-state index is 2.23. The molecule has 0 spiro atoms. The number of hydrogen-bond acceptors (Lipinski definition) is 0. The minimum absolute atomic E-state index is 1.07. The van der Waals surface area contributed by atoms with E-state index in [2.05, 4.69) is 60.7 Å². The lowest BCUT2D eigenvalue weighted by Crippen LogP contribution is -1.84. The van der Waals surface area contributed by atoms with Crippen LogP contribution in [0.25, 0.3) is 11.1 Å². The minimum Gasteiger partial charge on any atom is -0.0801 e. The van der Waals surface area contributed by atoms with Gasteiger partial charge in [-0.05, 0) is 35.1 Å². The van der Waals surface area contributed by atoms with Crippen LogP contribution in [-0.4, -0.2) is 0 Å². The summed E-state index contributed by atoms with van der Waals surface area (Å²) < 4.78 is 0. The maximum atomic E-state index is 2.23. The fraction of sp³-hybridized carbons (Fsp3) is 0.125. The van der Waals surface area contributed by atoms with E-state index < -0.39 is 0 Å². The van der Waals surface area contributed by atoms with Crippen molar-refractivity contribution in [1.82, 2.24) is 0 Å². The third-order valence-corrected chi connectivity index (χ3v) is 3.17. The van der Waals surface area contributed by atoms with Crippen LogP contribution in [0.2, 0.25) is 0 Å². The van der Waals surface area contributed by atoms with Gasteiger partial charge < -0.3 is 0 Å². The summed E-state index contributed by atoms with van der Waals surface area (Å²) >= 11 is 0. The standard InChI is InChI=1S/C16H14/c1-2-6-13(5-1)15-9-11-16(12-10-15)14-7-3-4-8-14/h1-5,7,9-12H,6,8H2. The highest BCUT2D eigenvalue weighted by atomic mass is 14.1. The SMILES string of the molecule is C1=CCC(c2ccc(C3=CC=CC3)cc2)=C1. The summed E-state index contributed by atoms with van der Waals surface area (Å²) in [6, 6.07) is 8.92. The van der Waals surface area contributed by atoms with Crippen LogP contribution in [0.4, 0.5) is 0 Å². The predicted molar refractivity (Wildman–Crippen MR) is 69.9 cm³/mol. The van der Waals surface area contributed by atoms with E-state index in [1.54, 1.807) is 0 Å². The van der Waals surface area contributed by atoms with Crippen molar-refractivity contribution in [1.29, 1.82) is 0 Å². The highest BCUT2D eigenvalue weighted by Gasteiger charge is 2.05. The Balaban J connectivity index is 1.85. The summed E-state index contributed by atoms with van der Waals surface area (Å²) in [5, 5.41) is 0. The van der Waals surface area contributed by atoms with Gasteiger partial charge in [0, 0.05) is 0 Å². The lowest BCUT2D eigenvalue weighted by molar-refractivity contribution is 1.40. The van der Waals surface area contributed by atoms with Gasteiger partial charge in [-0.15, -0.1) is 0 Å². The maximum Gasteiger partial charge on any atom is -0.00884 e. The first-order chi connectivity index (χ1) is 7.93. The molecule has 0 aliphatic heterocycles. The molecule has 0 saturated heterocycles. The van der Waals surface area contributed by atoms with Gasteiger partial charge in [0.2, 0.25) is 0 Å². The topological polar surface area (TPSA) is 0 Å². The minimum atomic E-state index is 1.07. The van der Waals surface area contributed by atoms with Crippen LogP contribution in [0.1, 0.15) is 24.0 Å². The van der Waals surface area contributed by atoms with Crippen molar-refractivity contribution in [2.24, 2.45) is 0 Å². The first kappa shape index (κ1) is 9.41. The van der Waals surface area contributed by atoms with Crippen LogP contribution < -0.4 is 0 Å². The van der Waals surface area contributed by atoms with Crippen LogP contribution in [0.5, 0.6) is 0 Å². The molecule has 0 atom stereocenters. The van der Waals surface area contributed by atoms with E-state index in [9.17, 15) is 0 Å². The van der Waals surface area contributed by atoms with Crippen molar-refractivity contribution >= 4 is 11.1 Å². The summed E-state index contributed by atoms with van der Waals surface area (Å²) in [6.07, 6.45) is 15.2. The Hall–Kier alpha value is -1.82. The fourth-order valence-electron chi connectivity index (χ4n) is 2.22. The molecule has 2 aliphatic rings. The number of rotatable bonds is 2. The second kappa shape index (κ2) is 3.97. The van der Waals surface area contributed by atoms with Crippen molar-refractivity contribution in [3.63, 3.8) is 0 Å². The third kappa shape index (κ3) is 1.67. The van der Waals surface area contributed by atoms with Crippen molar-refractivity contribution < 1.29 is 0 Å². The van der Waals surface area contributed by atoms with Gasteiger partial charge in [0.05, 0.1) is 0 Å². The molecule has 0 nitrogen and oxygen atoms in total. The summed E-state index contributed by atoms with van der Waals surface area (Å²) in [7, 11) is 0. The van der Waals surface area contributed by atoms with Crippen LogP contribution in [0.15, 0.2) is 60.7 Å². The number of benzene rings is 1. The monoisotopic (exact) mass is 206 g/mol. The van der Waals surface area contributed by atoms with Crippen LogP contribution in [0, 0.1) is 0 Å². The molecule has 3 rings (SSSR count). The molecule has 0 saturated carbocycles. The van der Waals surface area contributed by atoms with Gasteiger partial charge >= 0.3 is 0 Å². The van der Waals surface area contributed by atoms with E-state index >= 15 is 0 Å². The average molecular weight is 206 g/mol. The van der Waals surface area contributed by atoms with Crippen molar-refractivity contribution in [2.45, 2.75) is 12.8 Å². The molecule has 78 valence electrons. The van der Waals surface area contributed by atoms with E-state index in [0.717, 1.165) is 12.8 Å². The highest BCUT2D eigenvalue weighted by Crippen LogP contribution is 2.27. The van der Waals surface area contributed by atoms with Crippen molar-refractivity contribution in [3.05, 3.63) is 71.8 Å². The Labute approximate surface area is 96.3 Å². The van der Waals surface area contributed by atoms with Gasteiger partial charge in [-0.25, -0.2) is 0 Å². The average Bonchev–Trinajstić information content (AvgIpc) is 3.03. The zero-order valence-corrected chi connectivity index (χ0v) is 9.19. The first-order valence-electron chi connectivity index (χ1n) is 5.76. The number of allylic oxidation sites excluding steroid dienone is 8. The molecule has 1 aromatic rings. The van der Waals surface area contributed by atoms with Crippen molar-refractivity contribution in [3.8, 4) is 0 Å². The molecule has 16 heavy (non-hydrogen) atoms. The Morgan fingerprint density at radius 3 is 1.38 bits per heavy atom. The van der Waals surface area contributed by atoms with Crippen molar-refractivity contribution in [2.75, 3.05) is 0 Å². The van der Waals surface area contributed by atoms with Gasteiger partial charge in [-0.1, -0.05) is 60.7 Å². The molecule has 0 fully saturated rings. The fourth-order valence-corrected chi connectivity index (χ4v) is 2.22. The smallest absolute Gasteiger partial charge is 0.00884 e. The van der Waals surface area contributed by atoms with E-state index in [1.165, 1.54) is 22.3 Å². The highest BCUT2D eigenvalue weighted by molar-refractivity contribution is 5.75. The summed E-state index contributed by atoms with van der Waals surface area (Å²) in [5.74, 6) is 0. The molecule has 0 unspecified atom stereocenters. The molecule has 2 aliphatic carbocycles. The van der Waals surface area contributed by atoms with Crippen LogP contribution >= 0.6 is 0 Å². The Morgan fingerprint density at radius 2 is 1.06 bits per heavy atom. The lowest BCUT2D eigenvalue weighted by Gasteiger charge is -2.05.